The van der Waals surface area contributed by atoms with Crippen molar-refractivity contribution in [2.45, 2.75) is 31.1 Å². The quantitative estimate of drug-likeness (QED) is 0.872. The van der Waals surface area contributed by atoms with E-state index in [-0.39, 0.29) is 17.7 Å². The van der Waals surface area contributed by atoms with Crippen molar-refractivity contribution in [1.82, 2.24) is 0 Å². The summed E-state index contributed by atoms with van der Waals surface area (Å²) in [6.45, 7) is 0. The average Bonchev–Trinajstić information content (AvgIpc) is 3.16. The fourth-order valence-electron chi connectivity index (χ4n) is 2.52. The first-order chi connectivity index (χ1) is 9.43. The van der Waals surface area contributed by atoms with Crippen LogP contribution in [0.3, 0.4) is 0 Å². The highest BCUT2D eigenvalue weighted by molar-refractivity contribution is 5.70. The molecule has 1 N–H and O–H groups in total. The molecule has 6 heteroatoms. The summed E-state index contributed by atoms with van der Waals surface area (Å²) in [6, 6.07) is 2.72. The molecule has 1 aromatic carbocycles. The third-order valence-electron chi connectivity index (χ3n) is 3.71. The maximum Gasteiger partial charge on any atom is 0.304 e. The molecule has 1 aliphatic carbocycles. The Hall–Kier alpha value is -1.85. The second-order valence-electron chi connectivity index (χ2n) is 4.95. The van der Waals surface area contributed by atoms with Crippen molar-refractivity contribution in [3.63, 3.8) is 0 Å². The van der Waals surface area contributed by atoms with Crippen LogP contribution in [0.5, 0.6) is 11.5 Å². The van der Waals surface area contributed by atoms with Gasteiger partial charge in [-0.3, -0.25) is 4.79 Å². The lowest BCUT2D eigenvalue weighted by Crippen LogP contribution is -2.16. The summed E-state index contributed by atoms with van der Waals surface area (Å²) in [5, 5.41) is 8.96. The SMILES string of the molecule is COc1cc(C(F)F)c(C2(CC(=O)O)CC2)cc1OC. The number of ether oxygens (including phenoxy) is 2. The number of rotatable bonds is 6. The largest absolute Gasteiger partial charge is 0.493 e. The summed E-state index contributed by atoms with van der Waals surface area (Å²) < 4.78 is 36.6. The van der Waals surface area contributed by atoms with Gasteiger partial charge in [-0.2, -0.15) is 0 Å². The molecule has 0 spiro atoms. The molecule has 0 radical (unpaired) electrons. The molecule has 0 saturated heterocycles. The number of methoxy groups -OCH3 is 2. The summed E-state index contributed by atoms with van der Waals surface area (Å²) in [6.07, 6.45) is -1.65. The van der Waals surface area contributed by atoms with Crippen molar-refractivity contribution in [1.29, 1.82) is 0 Å². The summed E-state index contributed by atoms with van der Waals surface area (Å²) in [5.41, 5.74) is -0.522. The number of aliphatic carboxylic acids is 1. The minimum atomic E-state index is -2.68. The molecular formula is C14H16F2O4. The summed E-state index contributed by atoms with van der Waals surface area (Å²) in [5.74, 6) is -0.432. The molecule has 0 aromatic heterocycles. The zero-order valence-corrected chi connectivity index (χ0v) is 11.3. The first-order valence-electron chi connectivity index (χ1n) is 6.20. The Balaban J connectivity index is 2.53. The van der Waals surface area contributed by atoms with Gasteiger partial charge in [-0.05, 0) is 30.5 Å². The van der Waals surface area contributed by atoms with E-state index >= 15 is 0 Å². The summed E-state index contributed by atoms with van der Waals surface area (Å²) in [7, 11) is 2.79. The van der Waals surface area contributed by atoms with Crippen molar-refractivity contribution in [2.75, 3.05) is 14.2 Å². The van der Waals surface area contributed by atoms with E-state index in [0.717, 1.165) is 0 Å². The Bertz CT molecular complexity index is 524. The third kappa shape index (κ3) is 2.55. The van der Waals surface area contributed by atoms with Crippen LogP contribution in [0, 0.1) is 0 Å². The van der Waals surface area contributed by atoms with E-state index in [1.165, 1.54) is 26.4 Å². The molecule has 1 aromatic rings. The molecular weight excluding hydrogens is 270 g/mol. The van der Waals surface area contributed by atoms with Crippen LogP contribution in [-0.2, 0) is 10.2 Å². The van der Waals surface area contributed by atoms with Crippen LogP contribution >= 0.6 is 0 Å². The molecule has 2 rings (SSSR count). The number of carboxylic acid groups (broad SMARTS) is 1. The topological polar surface area (TPSA) is 55.8 Å². The molecule has 0 unspecified atom stereocenters. The van der Waals surface area contributed by atoms with E-state index < -0.39 is 17.8 Å². The van der Waals surface area contributed by atoms with Gasteiger partial charge in [-0.25, -0.2) is 8.78 Å². The number of halogens is 2. The highest BCUT2D eigenvalue weighted by Gasteiger charge is 2.48. The predicted octanol–water partition coefficient (Wildman–Crippen LogP) is 3.15. The van der Waals surface area contributed by atoms with Crippen molar-refractivity contribution >= 4 is 5.97 Å². The minimum absolute atomic E-state index is 0.151. The van der Waals surface area contributed by atoms with E-state index in [0.29, 0.717) is 24.2 Å². The lowest BCUT2D eigenvalue weighted by Gasteiger charge is -2.20. The van der Waals surface area contributed by atoms with Crippen LogP contribution in [0.4, 0.5) is 8.78 Å². The number of hydrogen-bond acceptors (Lipinski definition) is 3. The maximum absolute atomic E-state index is 13.2. The van der Waals surface area contributed by atoms with E-state index in [2.05, 4.69) is 0 Å². The Morgan fingerprint density at radius 3 is 2.25 bits per heavy atom. The first kappa shape index (κ1) is 14.6. The van der Waals surface area contributed by atoms with Gasteiger partial charge in [-0.1, -0.05) is 0 Å². The fourth-order valence-corrected chi connectivity index (χ4v) is 2.52. The number of alkyl halides is 2. The van der Waals surface area contributed by atoms with Crippen molar-refractivity contribution < 1.29 is 28.2 Å². The number of carbonyl (C=O) groups is 1. The van der Waals surface area contributed by atoms with Gasteiger partial charge in [0.1, 0.15) is 0 Å². The third-order valence-corrected chi connectivity index (χ3v) is 3.71. The van der Waals surface area contributed by atoms with E-state index in [1.54, 1.807) is 0 Å². The second-order valence-corrected chi connectivity index (χ2v) is 4.95. The van der Waals surface area contributed by atoms with E-state index in [1.807, 2.05) is 0 Å². The molecule has 0 atom stereocenters. The van der Waals surface area contributed by atoms with Crippen molar-refractivity contribution in [2.24, 2.45) is 0 Å². The van der Waals surface area contributed by atoms with E-state index in [9.17, 15) is 13.6 Å². The Labute approximate surface area is 115 Å². The minimum Gasteiger partial charge on any atom is -0.493 e. The fraction of sp³-hybridized carbons (Fsp3) is 0.500. The van der Waals surface area contributed by atoms with Gasteiger partial charge in [0.15, 0.2) is 11.5 Å². The van der Waals surface area contributed by atoms with Gasteiger partial charge in [0.2, 0.25) is 0 Å². The molecule has 20 heavy (non-hydrogen) atoms. The monoisotopic (exact) mass is 286 g/mol. The molecule has 1 saturated carbocycles. The smallest absolute Gasteiger partial charge is 0.304 e. The van der Waals surface area contributed by atoms with E-state index in [4.69, 9.17) is 14.6 Å². The zero-order chi connectivity index (χ0) is 14.9. The molecule has 0 heterocycles. The zero-order valence-electron chi connectivity index (χ0n) is 11.3. The molecule has 0 aliphatic heterocycles. The van der Waals surface area contributed by atoms with Crippen LogP contribution < -0.4 is 9.47 Å². The molecule has 0 bridgehead atoms. The Morgan fingerprint density at radius 1 is 1.30 bits per heavy atom. The number of hydrogen-bond donors (Lipinski definition) is 1. The van der Waals surface area contributed by atoms with Gasteiger partial charge < -0.3 is 14.6 Å². The standard InChI is InChI=1S/C14H16F2O4/c1-19-10-5-8(13(15)16)9(6-11(10)20-2)14(3-4-14)7-12(17)18/h5-6,13H,3-4,7H2,1-2H3,(H,17,18). The normalized spacial score (nSPS) is 16.1. The van der Waals surface area contributed by atoms with Gasteiger partial charge in [0.05, 0.1) is 20.6 Å². The molecule has 1 aliphatic rings. The van der Waals surface area contributed by atoms with Crippen LogP contribution in [0.2, 0.25) is 0 Å². The van der Waals surface area contributed by atoms with Gasteiger partial charge in [0.25, 0.3) is 6.43 Å². The highest BCUT2D eigenvalue weighted by Crippen LogP contribution is 2.55. The van der Waals surface area contributed by atoms with Gasteiger partial charge in [-0.15, -0.1) is 0 Å². The maximum atomic E-state index is 13.2. The van der Waals surface area contributed by atoms with Crippen LogP contribution in [-0.4, -0.2) is 25.3 Å². The van der Waals surface area contributed by atoms with Crippen molar-refractivity contribution in [3.05, 3.63) is 23.3 Å². The number of carboxylic acids is 1. The molecule has 1 fully saturated rings. The summed E-state index contributed by atoms with van der Waals surface area (Å²) >= 11 is 0. The van der Waals surface area contributed by atoms with Crippen LogP contribution in [0.25, 0.3) is 0 Å². The molecule has 110 valence electrons. The van der Waals surface area contributed by atoms with Crippen LogP contribution in [0.15, 0.2) is 12.1 Å². The summed E-state index contributed by atoms with van der Waals surface area (Å²) in [4.78, 5) is 10.9. The molecule has 0 amide bonds. The second kappa shape index (κ2) is 5.26. The lowest BCUT2D eigenvalue weighted by atomic mass is 9.88. The molecule has 4 nitrogen and oxygen atoms in total. The lowest BCUT2D eigenvalue weighted by molar-refractivity contribution is -0.137. The average molecular weight is 286 g/mol. The number of benzene rings is 1. The Kier molecular flexibility index (Phi) is 3.83. The van der Waals surface area contributed by atoms with Gasteiger partial charge in [0, 0.05) is 11.0 Å². The predicted molar refractivity (Wildman–Crippen MR) is 67.7 cm³/mol. The first-order valence-corrected chi connectivity index (χ1v) is 6.20. The van der Waals surface area contributed by atoms with Crippen molar-refractivity contribution in [3.8, 4) is 11.5 Å². The highest BCUT2D eigenvalue weighted by atomic mass is 19.3. The van der Waals surface area contributed by atoms with Gasteiger partial charge >= 0.3 is 5.97 Å². The van der Waals surface area contributed by atoms with Crippen LogP contribution in [0.1, 0.15) is 36.8 Å². The Morgan fingerprint density at radius 2 is 1.85 bits per heavy atom.